The van der Waals surface area contributed by atoms with E-state index in [0.717, 1.165) is 19.3 Å². The van der Waals surface area contributed by atoms with Gasteiger partial charge in [0.1, 0.15) is 6.10 Å². The van der Waals surface area contributed by atoms with E-state index in [2.05, 4.69) is 0 Å². The Labute approximate surface area is 110 Å². The van der Waals surface area contributed by atoms with E-state index in [1.165, 1.54) is 19.3 Å². The molecule has 0 aromatic carbocycles. The van der Waals surface area contributed by atoms with Crippen molar-refractivity contribution in [2.75, 3.05) is 0 Å². The van der Waals surface area contributed by atoms with E-state index in [4.69, 9.17) is 4.74 Å². The van der Waals surface area contributed by atoms with E-state index in [1.54, 1.807) is 0 Å². The molecule has 1 saturated carbocycles. The molecule has 1 aliphatic rings. The fourth-order valence-corrected chi connectivity index (χ4v) is 1.63. The molecule has 0 atom stereocenters. The summed E-state index contributed by atoms with van der Waals surface area (Å²) in [6, 6.07) is 0. The molecule has 3 heteroatoms. The fraction of sp³-hybridized carbons (Fsp3) is 0.900. The molecule has 0 unspecified atom stereocenters. The predicted octanol–water partition coefficient (Wildman–Crippen LogP) is 2.28. The number of carbonyl (C=O) groups is 1. The van der Waals surface area contributed by atoms with E-state index in [9.17, 15) is 4.79 Å². The van der Waals surface area contributed by atoms with Gasteiger partial charge in [0.2, 0.25) is 0 Å². The summed E-state index contributed by atoms with van der Waals surface area (Å²) < 4.78 is 5.29. The van der Waals surface area contributed by atoms with Crippen LogP contribution in [0.5, 0.6) is 0 Å². The van der Waals surface area contributed by atoms with E-state index in [0.29, 0.717) is 6.42 Å². The van der Waals surface area contributed by atoms with E-state index in [-0.39, 0.29) is 49.8 Å². The zero-order valence-electron chi connectivity index (χ0n) is 8.55. The van der Waals surface area contributed by atoms with Crippen LogP contribution in [0.2, 0.25) is 0 Å². The van der Waals surface area contributed by atoms with Gasteiger partial charge in [-0.2, -0.15) is 0 Å². The van der Waals surface area contributed by atoms with Crippen molar-refractivity contribution in [2.45, 2.75) is 58.0 Å². The number of carbonyl (C=O) groups excluding carboxylic acids is 1. The Morgan fingerprint density at radius 3 is 2.46 bits per heavy atom. The van der Waals surface area contributed by atoms with Crippen molar-refractivity contribution in [2.24, 2.45) is 0 Å². The van der Waals surface area contributed by atoms with Crippen molar-refractivity contribution < 1.29 is 9.53 Å². The third kappa shape index (κ3) is 5.92. The maximum Gasteiger partial charge on any atom is 0.306 e. The molecule has 0 bridgehead atoms. The summed E-state index contributed by atoms with van der Waals surface area (Å²) >= 11 is 0. The number of rotatable bonds is 3. The van der Waals surface area contributed by atoms with Crippen LogP contribution in [0.4, 0.5) is 0 Å². The smallest absolute Gasteiger partial charge is 0.306 e. The molecule has 0 amide bonds. The molecule has 0 N–H and O–H groups in total. The third-order valence-corrected chi connectivity index (χ3v) is 2.30. The Morgan fingerprint density at radius 1 is 1.31 bits per heavy atom. The largest absolute Gasteiger partial charge is 0.462 e. The molecule has 13 heavy (non-hydrogen) atoms. The van der Waals surface area contributed by atoms with E-state index in [1.807, 2.05) is 6.92 Å². The minimum atomic E-state index is -0.00981. The summed E-state index contributed by atoms with van der Waals surface area (Å²) in [5, 5.41) is 0. The van der Waals surface area contributed by atoms with Gasteiger partial charge in [0, 0.05) is 44.2 Å². The Balaban J connectivity index is 0.00000144. The van der Waals surface area contributed by atoms with Crippen LogP contribution < -0.4 is 0 Å². The first-order chi connectivity index (χ1) is 5.83. The van der Waals surface area contributed by atoms with Crippen LogP contribution in [0.15, 0.2) is 0 Å². The molecular formula is C10H18CaO2. The number of hydrogen-bond donors (Lipinski definition) is 0. The van der Waals surface area contributed by atoms with Gasteiger partial charge in [0.05, 0.1) is 0 Å². The molecule has 1 fully saturated rings. The van der Waals surface area contributed by atoms with Crippen molar-refractivity contribution in [3.05, 3.63) is 0 Å². The first-order valence-corrected chi connectivity index (χ1v) is 5.02. The second kappa shape index (κ2) is 8.07. The Morgan fingerprint density at radius 2 is 1.92 bits per heavy atom. The maximum absolute atomic E-state index is 11.1. The molecule has 0 aromatic heterocycles. The van der Waals surface area contributed by atoms with Crippen molar-refractivity contribution in [3.8, 4) is 0 Å². The topological polar surface area (TPSA) is 26.3 Å². The normalized spacial score (nSPS) is 17.6. The molecule has 1 rings (SSSR count). The molecular weight excluding hydrogens is 192 g/mol. The molecule has 2 nitrogen and oxygen atoms in total. The van der Waals surface area contributed by atoms with Crippen molar-refractivity contribution in [3.63, 3.8) is 0 Å². The van der Waals surface area contributed by atoms with Crippen molar-refractivity contribution >= 4 is 43.7 Å². The van der Waals surface area contributed by atoms with E-state index < -0.39 is 0 Å². The summed E-state index contributed by atoms with van der Waals surface area (Å²) in [5.74, 6) is -0.00981. The van der Waals surface area contributed by atoms with Gasteiger partial charge in [0.25, 0.3) is 0 Å². The monoisotopic (exact) mass is 210 g/mol. The van der Waals surface area contributed by atoms with Gasteiger partial charge in [-0.15, -0.1) is 0 Å². The first kappa shape index (κ1) is 13.7. The summed E-state index contributed by atoms with van der Waals surface area (Å²) in [6.07, 6.45) is 7.63. The second-order valence-corrected chi connectivity index (χ2v) is 3.50. The van der Waals surface area contributed by atoms with Crippen LogP contribution in [0, 0.1) is 0 Å². The molecule has 2 radical (unpaired) electrons. The number of ether oxygens (including phenoxy) is 1. The maximum atomic E-state index is 11.1. The van der Waals surface area contributed by atoms with Crippen LogP contribution >= 0.6 is 0 Å². The van der Waals surface area contributed by atoms with Crippen LogP contribution in [0.1, 0.15) is 51.9 Å². The minimum absolute atomic E-state index is 0. The zero-order valence-corrected chi connectivity index (χ0v) is 10.8. The van der Waals surface area contributed by atoms with Crippen LogP contribution in [0.3, 0.4) is 0 Å². The number of hydrogen-bond acceptors (Lipinski definition) is 2. The SMILES string of the molecule is CCCC(=O)OC1CCCCC1.[Ca]. The van der Waals surface area contributed by atoms with Crippen LogP contribution in [-0.4, -0.2) is 49.8 Å². The van der Waals surface area contributed by atoms with E-state index >= 15 is 0 Å². The van der Waals surface area contributed by atoms with Gasteiger partial charge in [-0.25, -0.2) is 0 Å². The molecule has 0 aliphatic heterocycles. The van der Waals surface area contributed by atoms with Crippen LogP contribution in [-0.2, 0) is 9.53 Å². The molecule has 72 valence electrons. The molecule has 0 spiro atoms. The summed E-state index contributed by atoms with van der Waals surface area (Å²) in [6.45, 7) is 2.00. The minimum Gasteiger partial charge on any atom is -0.462 e. The average Bonchev–Trinajstić information content (AvgIpc) is 2.06. The average molecular weight is 210 g/mol. The molecule has 0 aromatic rings. The molecule has 0 heterocycles. The number of esters is 1. The van der Waals surface area contributed by atoms with Gasteiger partial charge < -0.3 is 4.74 Å². The quantitative estimate of drug-likeness (QED) is 0.527. The summed E-state index contributed by atoms with van der Waals surface area (Å²) in [4.78, 5) is 11.1. The van der Waals surface area contributed by atoms with Gasteiger partial charge in [0.15, 0.2) is 0 Å². The van der Waals surface area contributed by atoms with Gasteiger partial charge in [-0.05, 0) is 32.1 Å². The van der Waals surface area contributed by atoms with Crippen molar-refractivity contribution in [1.82, 2.24) is 0 Å². The predicted molar refractivity (Wildman–Crippen MR) is 53.6 cm³/mol. The third-order valence-electron chi connectivity index (χ3n) is 2.30. The fourth-order valence-electron chi connectivity index (χ4n) is 1.63. The van der Waals surface area contributed by atoms with Gasteiger partial charge in [-0.3, -0.25) is 4.79 Å². The van der Waals surface area contributed by atoms with Gasteiger partial charge in [-0.1, -0.05) is 13.3 Å². The van der Waals surface area contributed by atoms with Crippen molar-refractivity contribution in [1.29, 1.82) is 0 Å². The molecule has 1 aliphatic carbocycles. The van der Waals surface area contributed by atoms with Crippen LogP contribution in [0.25, 0.3) is 0 Å². The Kier molecular flexibility index (Phi) is 8.53. The standard InChI is InChI=1S/C10H18O2.Ca/c1-2-6-10(11)12-9-7-4-3-5-8-9;/h9H,2-8H2,1H3;. The summed E-state index contributed by atoms with van der Waals surface area (Å²) in [7, 11) is 0. The Bertz CT molecular complexity index is 142. The Hall–Kier alpha value is 0.730. The summed E-state index contributed by atoms with van der Waals surface area (Å²) in [5.41, 5.74) is 0. The second-order valence-electron chi connectivity index (χ2n) is 3.50. The zero-order chi connectivity index (χ0) is 8.81. The first-order valence-electron chi connectivity index (χ1n) is 5.02. The molecule has 0 saturated heterocycles. The van der Waals surface area contributed by atoms with Gasteiger partial charge >= 0.3 is 5.97 Å².